The molecule has 160 valence electrons. The number of nitrogens with one attached hydrogen (secondary N) is 1. The van der Waals surface area contributed by atoms with Crippen LogP contribution >= 0.6 is 38.6 Å². The molecular weight excluding hydrogens is 500 g/mol. The van der Waals surface area contributed by atoms with E-state index in [1.54, 1.807) is 31.4 Å². The number of carbonyl (C=O) groups excluding carboxylic acids is 1. The average molecular weight is 519 g/mol. The summed E-state index contributed by atoms with van der Waals surface area (Å²) in [6.07, 6.45) is 2.52. The van der Waals surface area contributed by atoms with Crippen LogP contribution in [0.4, 0.5) is 5.13 Å². The summed E-state index contributed by atoms with van der Waals surface area (Å²) in [6.45, 7) is 5.93. The molecule has 0 saturated heterocycles. The number of aryl methyl sites for hydroxylation is 2. The number of anilines is 1. The van der Waals surface area contributed by atoms with E-state index in [-0.39, 0.29) is 5.97 Å². The van der Waals surface area contributed by atoms with E-state index in [1.807, 2.05) is 28.8 Å². The molecule has 0 spiro atoms. The Morgan fingerprint density at radius 2 is 2.03 bits per heavy atom. The molecule has 4 rings (SSSR count). The van der Waals surface area contributed by atoms with Crippen molar-refractivity contribution in [3.8, 4) is 11.3 Å². The Kier molecular flexibility index (Phi) is 6.44. The number of nitrogens with zero attached hydrogens (tertiary/aromatic N) is 5. The quantitative estimate of drug-likeness (QED) is 0.206. The third-order valence-corrected chi connectivity index (χ3v) is 6.93. The van der Waals surface area contributed by atoms with Gasteiger partial charge in [0.1, 0.15) is 21.3 Å². The lowest BCUT2D eigenvalue weighted by Gasteiger charge is -2.00. The fourth-order valence-corrected chi connectivity index (χ4v) is 4.78. The van der Waals surface area contributed by atoms with Gasteiger partial charge in [-0.05, 0) is 32.4 Å². The molecule has 0 radical (unpaired) electrons. The zero-order valence-electron chi connectivity index (χ0n) is 17.0. The summed E-state index contributed by atoms with van der Waals surface area (Å²) < 4.78 is 7.87. The second-order valence-electron chi connectivity index (χ2n) is 6.42. The third-order valence-electron chi connectivity index (χ3n) is 4.30. The minimum atomic E-state index is -0.376. The monoisotopic (exact) mass is 518 g/mol. The van der Waals surface area contributed by atoms with Crippen LogP contribution in [0.25, 0.3) is 16.2 Å². The molecule has 0 aliphatic carbocycles. The molecule has 0 amide bonds. The van der Waals surface area contributed by atoms with Crippen LogP contribution in [-0.4, -0.2) is 38.4 Å². The van der Waals surface area contributed by atoms with Crippen molar-refractivity contribution in [2.75, 3.05) is 12.0 Å². The molecule has 31 heavy (non-hydrogen) atoms. The largest absolute Gasteiger partial charge is 0.462 e. The zero-order valence-corrected chi connectivity index (χ0v) is 20.3. The van der Waals surface area contributed by atoms with Crippen molar-refractivity contribution >= 4 is 60.9 Å². The smallest absolute Gasteiger partial charge is 0.350 e. The summed E-state index contributed by atoms with van der Waals surface area (Å²) in [7, 11) is 0. The van der Waals surface area contributed by atoms with Crippen molar-refractivity contribution in [3.63, 3.8) is 0 Å². The summed E-state index contributed by atoms with van der Waals surface area (Å²) in [5.74, 6) is -0.376. The Morgan fingerprint density at radius 1 is 1.26 bits per heavy atom. The van der Waals surface area contributed by atoms with E-state index < -0.39 is 0 Å². The predicted octanol–water partition coefficient (Wildman–Crippen LogP) is 5.17. The molecular formula is C20H19BrN6O2S2. The zero-order chi connectivity index (χ0) is 22.0. The number of carbonyl (C=O) groups is 1. The normalized spacial score (nSPS) is 11.5. The number of halogens is 1. The SMILES string of the molecule is CCOC(=O)c1sc(N/N=C/c2c(-c3ccc(Br)cc3)nc3sc(CC)nn23)nc1C. The van der Waals surface area contributed by atoms with Gasteiger partial charge in [-0.25, -0.2) is 19.3 Å². The first-order valence-corrected chi connectivity index (χ1v) is 12.0. The third kappa shape index (κ3) is 4.53. The van der Waals surface area contributed by atoms with E-state index in [0.29, 0.717) is 22.3 Å². The number of fused-ring (bicyclic) bond motifs is 1. The van der Waals surface area contributed by atoms with E-state index in [0.717, 1.165) is 37.8 Å². The van der Waals surface area contributed by atoms with Crippen LogP contribution in [0.1, 0.15) is 39.9 Å². The molecule has 0 aliphatic heterocycles. The Balaban J connectivity index is 1.65. The predicted molar refractivity (Wildman–Crippen MR) is 127 cm³/mol. The number of aromatic nitrogens is 4. The standard InChI is InChI=1S/C20H19BrN6O2S2/c1-4-15-26-27-14(16(24-20(27)30-15)12-6-8-13(21)9-7-12)10-22-25-19-23-11(3)17(31-19)18(28)29-5-2/h6-10H,4-5H2,1-3H3,(H,23,25)/b22-10+. The highest BCUT2D eigenvalue weighted by Crippen LogP contribution is 2.28. The second kappa shape index (κ2) is 9.25. The summed E-state index contributed by atoms with van der Waals surface area (Å²) in [4.78, 5) is 22.4. The lowest BCUT2D eigenvalue weighted by atomic mass is 10.1. The van der Waals surface area contributed by atoms with Crippen molar-refractivity contribution in [2.24, 2.45) is 5.10 Å². The number of imidazole rings is 1. The molecule has 8 nitrogen and oxygen atoms in total. The number of hydrogen-bond donors (Lipinski definition) is 1. The molecule has 1 aromatic carbocycles. The topological polar surface area (TPSA) is 93.8 Å². The first kappa shape index (κ1) is 21.6. The first-order chi connectivity index (χ1) is 15.0. The van der Waals surface area contributed by atoms with E-state index in [9.17, 15) is 4.79 Å². The number of thiazole rings is 1. The Labute approximate surface area is 195 Å². The minimum Gasteiger partial charge on any atom is -0.462 e. The van der Waals surface area contributed by atoms with Crippen LogP contribution in [0.2, 0.25) is 0 Å². The Hall–Kier alpha value is -2.63. The molecule has 0 atom stereocenters. The maximum atomic E-state index is 12.0. The van der Waals surface area contributed by atoms with Gasteiger partial charge < -0.3 is 4.74 Å². The fraction of sp³-hybridized carbons (Fsp3) is 0.250. The van der Waals surface area contributed by atoms with Crippen LogP contribution < -0.4 is 5.43 Å². The maximum absolute atomic E-state index is 12.0. The first-order valence-electron chi connectivity index (χ1n) is 9.58. The number of ether oxygens (including phenoxy) is 1. The number of hydrazone groups is 1. The molecule has 1 N–H and O–H groups in total. The van der Waals surface area contributed by atoms with Crippen LogP contribution in [-0.2, 0) is 11.2 Å². The van der Waals surface area contributed by atoms with Gasteiger partial charge in [-0.3, -0.25) is 5.43 Å². The summed E-state index contributed by atoms with van der Waals surface area (Å²) in [5.41, 5.74) is 6.04. The average Bonchev–Trinajstić information content (AvgIpc) is 3.42. The van der Waals surface area contributed by atoms with Crippen molar-refractivity contribution in [2.45, 2.75) is 27.2 Å². The molecule has 0 unspecified atom stereocenters. The van der Waals surface area contributed by atoms with Gasteiger partial charge in [-0.2, -0.15) is 10.2 Å². The number of benzene rings is 1. The minimum absolute atomic E-state index is 0.320. The number of rotatable bonds is 7. The van der Waals surface area contributed by atoms with Crippen LogP contribution in [0.15, 0.2) is 33.8 Å². The summed E-state index contributed by atoms with van der Waals surface area (Å²) >= 11 is 6.23. The van der Waals surface area contributed by atoms with Crippen LogP contribution in [0.3, 0.4) is 0 Å². The van der Waals surface area contributed by atoms with Gasteiger partial charge >= 0.3 is 5.97 Å². The molecule has 4 aromatic rings. The number of hydrogen-bond acceptors (Lipinski definition) is 9. The summed E-state index contributed by atoms with van der Waals surface area (Å²) in [6, 6.07) is 7.94. The lowest BCUT2D eigenvalue weighted by Crippen LogP contribution is -2.03. The van der Waals surface area contributed by atoms with Gasteiger partial charge in [0, 0.05) is 10.0 Å². The fourth-order valence-electron chi connectivity index (χ4n) is 2.86. The van der Waals surface area contributed by atoms with Crippen molar-refractivity contribution < 1.29 is 9.53 Å². The second-order valence-corrected chi connectivity index (χ2v) is 9.38. The molecule has 0 fully saturated rings. The maximum Gasteiger partial charge on any atom is 0.350 e. The molecule has 0 bridgehead atoms. The molecule has 3 heterocycles. The van der Waals surface area contributed by atoms with Gasteiger partial charge in [-0.15, -0.1) is 0 Å². The lowest BCUT2D eigenvalue weighted by molar-refractivity contribution is 0.0531. The van der Waals surface area contributed by atoms with E-state index in [2.05, 4.69) is 43.5 Å². The number of esters is 1. The Bertz CT molecular complexity index is 1260. The highest BCUT2D eigenvalue weighted by Gasteiger charge is 2.18. The molecule has 0 saturated carbocycles. The highest BCUT2D eigenvalue weighted by atomic mass is 79.9. The molecule has 0 aliphatic rings. The van der Waals surface area contributed by atoms with E-state index >= 15 is 0 Å². The van der Waals surface area contributed by atoms with E-state index in [4.69, 9.17) is 9.72 Å². The van der Waals surface area contributed by atoms with Crippen molar-refractivity contribution in [1.82, 2.24) is 19.6 Å². The highest BCUT2D eigenvalue weighted by molar-refractivity contribution is 9.10. The van der Waals surface area contributed by atoms with Crippen LogP contribution in [0.5, 0.6) is 0 Å². The Morgan fingerprint density at radius 3 is 2.74 bits per heavy atom. The molecule has 3 aromatic heterocycles. The van der Waals surface area contributed by atoms with Gasteiger partial charge in [-0.1, -0.05) is 57.7 Å². The van der Waals surface area contributed by atoms with Gasteiger partial charge in [0.05, 0.1) is 18.5 Å². The van der Waals surface area contributed by atoms with Gasteiger partial charge in [0.25, 0.3) is 0 Å². The molecule has 11 heteroatoms. The van der Waals surface area contributed by atoms with Gasteiger partial charge in [0.2, 0.25) is 10.1 Å². The summed E-state index contributed by atoms with van der Waals surface area (Å²) in [5, 5.41) is 10.5. The van der Waals surface area contributed by atoms with Gasteiger partial charge in [0.15, 0.2) is 0 Å². The van der Waals surface area contributed by atoms with Crippen molar-refractivity contribution in [3.05, 3.63) is 50.0 Å². The van der Waals surface area contributed by atoms with Crippen LogP contribution in [0, 0.1) is 6.92 Å². The van der Waals surface area contributed by atoms with E-state index in [1.165, 1.54) is 11.3 Å². The van der Waals surface area contributed by atoms with Crippen molar-refractivity contribution in [1.29, 1.82) is 0 Å².